The molecule has 0 radical (unpaired) electrons. The van der Waals surface area contributed by atoms with E-state index in [0.29, 0.717) is 6.61 Å². The Morgan fingerprint density at radius 2 is 0.966 bits per heavy atom. The van der Waals surface area contributed by atoms with Gasteiger partial charge >= 0.3 is 53.4 Å². The number of carbonyl (C=O) groups excluding carboxylic acids is 1. The standard InChI is InChI=1S/C16H30O4.C4H6O4.Na.H/c1-2-3-4-5-6-7-8-9-10-11-14-20-16(19)13-12-15(17)18;5-3(6)1-2-4(7)8;;/h2-14H2,1H3,(H,17,18);1-2H2,(H,5,6)(H,7,8);;/q;;+1;-1. The summed E-state index contributed by atoms with van der Waals surface area (Å²) in [5.41, 5.74) is 0. The molecular weight excluding hydrogens is 391 g/mol. The van der Waals surface area contributed by atoms with Crippen molar-refractivity contribution in [1.82, 2.24) is 0 Å². The number of rotatable bonds is 17. The van der Waals surface area contributed by atoms with Crippen LogP contribution in [0, 0.1) is 0 Å². The Morgan fingerprint density at radius 1 is 0.621 bits per heavy atom. The summed E-state index contributed by atoms with van der Waals surface area (Å²) in [6, 6.07) is 0. The first kappa shape index (κ1) is 32.5. The van der Waals surface area contributed by atoms with Gasteiger partial charge in [-0.05, 0) is 6.42 Å². The van der Waals surface area contributed by atoms with Crippen molar-refractivity contribution >= 4 is 23.9 Å². The molecule has 166 valence electrons. The molecule has 0 aliphatic rings. The van der Waals surface area contributed by atoms with Gasteiger partial charge in [0, 0.05) is 0 Å². The second-order valence-electron chi connectivity index (χ2n) is 6.58. The zero-order chi connectivity index (χ0) is 21.6. The summed E-state index contributed by atoms with van der Waals surface area (Å²) < 4.78 is 4.96. The van der Waals surface area contributed by atoms with Crippen molar-refractivity contribution < 1.29 is 70.2 Å². The maximum absolute atomic E-state index is 11.1. The van der Waals surface area contributed by atoms with Gasteiger partial charge < -0.3 is 21.5 Å². The molecule has 0 heterocycles. The van der Waals surface area contributed by atoms with Crippen LogP contribution in [0.3, 0.4) is 0 Å². The van der Waals surface area contributed by atoms with Gasteiger partial charge in [-0.3, -0.25) is 19.2 Å². The van der Waals surface area contributed by atoms with Crippen LogP contribution >= 0.6 is 0 Å². The van der Waals surface area contributed by atoms with E-state index in [9.17, 15) is 19.2 Å². The molecule has 0 amide bonds. The number of carbonyl (C=O) groups is 4. The number of unbranched alkanes of at least 4 members (excludes halogenated alkanes) is 9. The van der Waals surface area contributed by atoms with Crippen LogP contribution in [0.2, 0.25) is 0 Å². The van der Waals surface area contributed by atoms with E-state index in [1.54, 1.807) is 0 Å². The summed E-state index contributed by atoms with van der Waals surface area (Å²) in [6.45, 7) is 2.66. The number of hydrogen-bond donors (Lipinski definition) is 3. The van der Waals surface area contributed by atoms with Crippen LogP contribution in [0.25, 0.3) is 0 Å². The van der Waals surface area contributed by atoms with E-state index < -0.39 is 23.9 Å². The summed E-state index contributed by atoms with van der Waals surface area (Å²) >= 11 is 0. The fraction of sp³-hybridized carbons (Fsp3) is 0.800. The largest absolute Gasteiger partial charge is 1.00 e. The van der Waals surface area contributed by atoms with Crippen LogP contribution in [0.4, 0.5) is 0 Å². The van der Waals surface area contributed by atoms with Crippen LogP contribution < -0.4 is 29.6 Å². The molecule has 0 aromatic heterocycles. The normalized spacial score (nSPS) is 9.55. The molecule has 0 aromatic carbocycles. The molecule has 0 saturated heterocycles. The van der Waals surface area contributed by atoms with E-state index in [2.05, 4.69) is 6.92 Å². The van der Waals surface area contributed by atoms with Gasteiger partial charge in [-0.25, -0.2) is 0 Å². The molecule has 8 nitrogen and oxygen atoms in total. The summed E-state index contributed by atoms with van der Waals surface area (Å²) in [6.07, 6.45) is 11.7. The summed E-state index contributed by atoms with van der Waals surface area (Å²) in [7, 11) is 0. The SMILES string of the molecule is CCCCCCCCCCCCOC(=O)CCC(=O)O.O=C(O)CCC(=O)O.[H-].[Na+]. The van der Waals surface area contributed by atoms with Crippen LogP contribution in [0.15, 0.2) is 0 Å². The zero-order valence-corrected chi connectivity index (χ0v) is 20.0. The van der Waals surface area contributed by atoms with Crippen LogP contribution in [-0.4, -0.2) is 45.8 Å². The Bertz CT molecular complexity index is 433. The van der Waals surface area contributed by atoms with E-state index in [1.807, 2.05) is 0 Å². The quantitative estimate of drug-likeness (QED) is 0.179. The molecule has 0 aromatic rings. The Labute approximate surface area is 197 Å². The predicted molar refractivity (Wildman–Crippen MR) is 105 cm³/mol. The molecule has 9 heteroatoms. The fourth-order valence-electron chi connectivity index (χ4n) is 2.27. The minimum atomic E-state index is -1.08. The molecule has 3 N–H and O–H groups in total. The smallest absolute Gasteiger partial charge is 1.00 e. The Morgan fingerprint density at radius 3 is 1.34 bits per heavy atom. The van der Waals surface area contributed by atoms with Gasteiger partial charge in [0.1, 0.15) is 0 Å². The molecule has 29 heavy (non-hydrogen) atoms. The Hall–Kier alpha value is -1.12. The molecule has 0 saturated carbocycles. The third-order valence-corrected chi connectivity index (χ3v) is 3.86. The fourth-order valence-corrected chi connectivity index (χ4v) is 2.27. The van der Waals surface area contributed by atoms with Crippen LogP contribution in [0.1, 0.15) is 98.2 Å². The second kappa shape index (κ2) is 24.9. The number of ether oxygens (including phenoxy) is 1. The second-order valence-corrected chi connectivity index (χ2v) is 6.58. The van der Waals surface area contributed by atoms with Crippen molar-refractivity contribution in [2.45, 2.75) is 96.8 Å². The third kappa shape index (κ3) is 34.8. The minimum Gasteiger partial charge on any atom is -1.00 e. The Balaban J connectivity index is -0.000000288. The van der Waals surface area contributed by atoms with E-state index >= 15 is 0 Å². The molecule has 0 unspecified atom stereocenters. The van der Waals surface area contributed by atoms with Gasteiger partial charge in [0.15, 0.2) is 0 Å². The van der Waals surface area contributed by atoms with Crippen LogP contribution in [0.5, 0.6) is 0 Å². The monoisotopic (exact) mass is 428 g/mol. The van der Waals surface area contributed by atoms with Gasteiger partial charge in [0.25, 0.3) is 0 Å². The zero-order valence-electron chi connectivity index (χ0n) is 19.0. The number of carboxylic acids is 3. The summed E-state index contributed by atoms with van der Waals surface area (Å²) in [4.78, 5) is 40.7. The predicted octanol–water partition coefficient (Wildman–Crippen LogP) is 1.37. The molecule has 0 rings (SSSR count). The van der Waals surface area contributed by atoms with E-state index in [1.165, 1.54) is 51.4 Å². The first-order chi connectivity index (χ1) is 13.3. The molecule has 0 aliphatic heterocycles. The molecule has 0 fully saturated rings. The molecule has 0 bridgehead atoms. The van der Waals surface area contributed by atoms with Crippen molar-refractivity contribution in [2.75, 3.05) is 6.61 Å². The molecule has 0 atom stereocenters. The first-order valence-corrected chi connectivity index (χ1v) is 10.1. The average molecular weight is 428 g/mol. The van der Waals surface area contributed by atoms with Crippen molar-refractivity contribution in [3.05, 3.63) is 0 Å². The van der Waals surface area contributed by atoms with Crippen molar-refractivity contribution in [3.8, 4) is 0 Å². The molecular formula is C20H37NaO8. The topological polar surface area (TPSA) is 138 Å². The minimum absolute atomic E-state index is 0. The maximum Gasteiger partial charge on any atom is 1.00 e. The van der Waals surface area contributed by atoms with Crippen molar-refractivity contribution in [2.24, 2.45) is 0 Å². The maximum atomic E-state index is 11.1. The van der Waals surface area contributed by atoms with E-state index in [0.717, 1.165) is 12.8 Å². The van der Waals surface area contributed by atoms with Crippen molar-refractivity contribution in [3.63, 3.8) is 0 Å². The van der Waals surface area contributed by atoms with Gasteiger partial charge in [-0.1, -0.05) is 64.7 Å². The van der Waals surface area contributed by atoms with Gasteiger partial charge in [0.05, 0.1) is 32.3 Å². The van der Waals surface area contributed by atoms with E-state index in [-0.39, 0.29) is 56.7 Å². The van der Waals surface area contributed by atoms with Gasteiger partial charge in [-0.15, -0.1) is 0 Å². The Kier molecular flexibility index (Phi) is 28.0. The summed E-state index contributed by atoms with van der Waals surface area (Å²) in [5, 5.41) is 24.2. The number of aliphatic carboxylic acids is 3. The first-order valence-electron chi connectivity index (χ1n) is 10.1. The molecule has 0 spiro atoms. The number of hydrogen-bond acceptors (Lipinski definition) is 5. The van der Waals surface area contributed by atoms with Gasteiger partial charge in [-0.2, -0.15) is 0 Å². The summed E-state index contributed by atoms with van der Waals surface area (Å²) in [5.74, 6) is -3.51. The van der Waals surface area contributed by atoms with Crippen molar-refractivity contribution in [1.29, 1.82) is 0 Å². The number of esters is 1. The van der Waals surface area contributed by atoms with Crippen LogP contribution in [-0.2, 0) is 23.9 Å². The van der Waals surface area contributed by atoms with Gasteiger partial charge in [0.2, 0.25) is 0 Å². The van der Waals surface area contributed by atoms with E-state index in [4.69, 9.17) is 20.1 Å². The third-order valence-electron chi connectivity index (χ3n) is 3.86. The average Bonchev–Trinajstić information content (AvgIpc) is 2.63. The number of carboxylic acid groups (broad SMARTS) is 3. The molecule has 0 aliphatic carbocycles.